The van der Waals surface area contributed by atoms with Crippen molar-refractivity contribution in [2.24, 2.45) is 5.73 Å². The summed E-state index contributed by atoms with van der Waals surface area (Å²) in [6.07, 6.45) is 0. The summed E-state index contributed by atoms with van der Waals surface area (Å²) in [5.74, 6) is -0.890. The van der Waals surface area contributed by atoms with E-state index in [0.717, 1.165) is 11.8 Å². The van der Waals surface area contributed by atoms with Crippen LogP contribution in [0.25, 0.3) is 11.3 Å². The van der Waals surface area contributed by atoms with Gasteiger partial charge in [0.1, 0.15) is 11.6 Å². The summed E-state index contributed by atoms with van der Waals surface area (Å²) < 4.78 is 0. The minimum Gasteiger partial charge on any atom is -0.366 e. The summed E-state index contributed by atoms with van der Waals surface area (Å²) in [5.41, 5.74) is 6.28. The first kappa shape index (κ1) is 19.9. The van der Waals surface area contributed by atoms with Gasteiger partial charge in [-0.2, -0.15) is 5.26 Å². The maximum Gasteiger partial charge on any atom is 0.270 e. The molecule has 9 heteroatoms. The highest BCUT2D eigenvalue weighted by atomic mass is 32.2. The van der Waals surface area contributed by atoms with Gasteiger partial charge in [-0.05, 0) is 24.3 Å². The number of amides is 2. The van der Waals surface area contributed by atoms with Crippen molar-refractivity contribution in [2.45, 2.75) is 5.16 Å². The van der Waals surface area contributed by atoms with Gasteiger partial charge >= 0.3 is 0 Å². The SMILES string of the molecule is N#Cc1c(-c2ccccc2)nc(SCC(=O)Nc2ccc(C(N)=O)cc2)[nH]c1=O. The number of rotatable bonds is 6. The lowest BCUT2D eigenvalue weighted by Crippen LogP contribution is -2.17. The lowest BCUT2D eigenvalue weighted by Gasteiger charge is -2.07. The Balaban J connectivity index is 1.73. The molecule has 0 radical (unpaired) electrons. The molecule has 0 atom stereocenters. The van der Waals surface area contributed by atoms with Crippen molar-refractivity contribution in [3.05, 3.63) is 76.1 Å². The standard InChI is InChI=1S/C20H15N5O3S/c21-10-15-17(12-4-2-1-3-5-12)24-20(25-19(15)28)29-11-16(26)23-14-8-6-13(7-9-14)18(22)27/h1-9H,11H2,(H2,22,27)(H,23,26)(H,24,25,28). The van der Waals surface area contributed by atoms with Crippen LogP contribution < -0.4 is 16.6 Å². The van der Waals surface area contributed by atoms with Crippen LogP contribution >= 0.6 is 11.8 Å². The summed E-state index contributed by atoms with van der Waals surface area (Å²) in [6, 6.07) is 16.9. The minimum atomic E-state index is -0.564. The van der Waals surface area contributed by atoms with E-state index in [-0.39, 0.29) is 28.1 Å². The third-order valence-corrected chi connectivity index (χ3v) is 4.72. The Bertz CT molecular complexity index is 1150. The number of nitriles is 1. The van der Waals surface area contributed by atoms with Crippen LogP contribution in [0.2, 0.25) is 0 Å². The smallest absolute Gasteiger partial charge is 0.270 e. The highest BCUT2D eigenvalue weighted by Crippen LogP contribution is 2.22. The van der Waals surface area contributed by atoms with E-state index in [1.165, 1.54) is 12.1 Å². The Morgan fingerprint density at radius 1 is 1.14 bits per heavy atom. The number of nitrogens with two attached hydrogens (primary N) is 1. The number of carbonyl (C=O) groups excluding carboxylic acids is 2. The number of anilines is 1. The van der Waals surface area contributed by atoms with Crippen molar-refractivity contribution >= 4 is 29.3 Å². The molecule has 3 rings (SSSR count). The fourth-order valence-corrected chi connectivity index (χ4v) is 3.14. The van der Waals surface area contributed by atoms with Gasteiger partial charge in [0.25, 0.3) is 5.56 Å². The Kier molecular flexibility index (Phi) is 6.06. The Hall–Kier alpha value is -3.90. The average molecular weight is 405 g/mol. The second-order valence-corrected chi connectivity index (χ2v) is 6.82. The zero-order valence-corrected chi connectivity index (χ0v) is 15.8. The predicted molar refractivity (Wildman–Crippen MR) is 109 cm³/mol. The molecule has 0 fully saturated rings. The van der Waals surface area contributed by atoms with Gasteiger partial charge in [0.15, 0.2) is 5.16 Å². The largest absolute Gasteiger partial charge is 0.366 e. The minimum absolute atomic E-state index is 0.0133. The number of hydrogen-bond acceptors (Lipinski definition) is 6. The summed E-state index contributed by atoms with van der Waals surface area (Å²) in [5, 5.41) is 12.2. The normalized spacial score (nSPS) is 10.2. The molecule has 0 aliphatic heterocycles. The number of nitrogens with zero attached hydrogens (tertiary/aromatic N) is 2. The van der Waals surface area contributed by atoms with E-state index >= 15 is 0 Å². The van der Waals surface area contributed by atoms with E-state index in [1.807, 2.05) is 12.1 Å². The quantitative estimate of drug-likeness (QED) is 0.424. The average Bonchev–Trinajstić information content (AvgIpc) is 2.73. The molecule has 8 nitrogen and oxygen atoms in total. The molecule has 29 heavy (non-hydrogen) atoms. The van der Waals surface area contributed by atoms with Crippen LogP contribution in [0.5, 0.6) is 0 Å². The molecule has 0 aliphatic rings. The van der Waals surface area contributed by atoms with Gasteiger partial charge in [0.2, 0.25) is 11.8 Å². The molecule has 1 heterocycles. The number of carbonyl (C=O) groups is 2. The summed E-state index contributed by atoms with van der Waals surface area (Å²) >= 11 is 1.04. The van der Waals surface area contributed by atoms with Gasteiger partial charge in [0.05, 0.1) is 11.4 Å². The first-order valence-corrected chi connectivity index (χ1v) is 9.39. The van der Waals surface area contributed by atoms with Crippen LogP contribution in [-0.4, -0.2) is 27.5 Å². The van der Waals surface area contributed by atoms with Gasteiger partial charge in [-0.1, -0.05) is 42.1 Å². The van der Waals surface area contributed by atoms with E-state index in [1.54, 1.807) is 36.4 Å². The predicted octanol–water partition coefficient (Wildman–Crippen LogP) is 2.14. The number of benzene rings is 2. The summed E-state index contributed by atoms with van der Waals surface area (Å²) in [7, 11) is 0. The van der Waals surface area contributed by atoms with Gasteiger partial charge in [0, 0.05) is 16.8 Å². The van der Waals surface area contributed by atoms with Crippen LogP contribution in [0.4, 0.5) is 5.69 Å². The second-order valence-electron chi connectivity index (χ2n) is 5.85. The first-order chi connectivity index (χ1) is 14.0. The maximum atomic E-state index is 12.2. The molecule has 144 valence electrons. The Morgan fingerprint density at radius 2 is 1.83 bits per heavy atom. The van der Waals surface area contributed by atoms with Crippen LogP contribution in [-0.2, 0) is 4.79 Å². The monoisotopic (exact) mass is 405 g/mol. The molecule has 2 amide bonds. The second kappa shape index (κ2) is 8.86. The van der Waals surface area contributed by atoms with Gasteiger partial charge < -0.3 is 16.0 Å². The van der Waals surface area contributed by atoms with Crippen molar-refractivity contribution in [1.82, 2.24) is 9.97 Å². The molecule has 2 aromatic carbocycles. The van der Waals surface area contributed by atoms with Gasteiger partial charge in [-0.25, -0.2) is 4.98 Å². The zero-order chi connectivity index (χ0) is 20.8. The van der Waals surface area contributed by atoms with Gasteiger partial charge in [-0.15, -0.1) is 0 Å². The number of hydrogen-bond donors (Lipinski definition) is 3. The van der Waals surface area contributed by atoms with E-state index in [0.29, 0.717) is 16.8 Å². The zero-order valence-electron chi connectivity index (χ0n) is 15.0. The fourth-order valence-electron chi connectivity index (χ4n) is 2.48. The van der Waals surface area contributed by atoms with Crippen molar-refractivity contribution in [3.8, 4) is 17.3 Å². The molecule has 0 bridgehead atoms. The summed E-state index contributed by atoms with van der Waals surface area (Å²) in [4.78, 5) is 42.3. The van der Waals surface area contributed by atoms with E-state index in [4.69, 9.17) is 5.73 Å². The lowest BCUT2D eigenvalue weighted by atomic mass is 10.1. The number of H-pyrrole nitrogens is 1. The molecule has 4 N–H and O–H groups in total. The number of nitrogens with one attached hydrogen (secondary N) is 2. The van der Waals surface area contributed by atoms with Crippen LogP contribution in [0.1, 0.15) is 15.9 Å². The first-order valence-electron chi connectivity index (χ1n) is 8.40. The van der Waals surface area contributed by atoms with E-state index in [2.05, 4.69) is 15.3 Å². The molecule has 0 saturated heterocycles. The van der Waals surface area contributed by atoms with Crippen molar-refractivity contribution in [2.75, 3.05) is 11.1 Å². The lowest BCUT2D eigenvalue weighted by molar-refractivity contribution is -0.113. The highest BCUT2D eigenvalue weighted by Gasteiger charge is 2.14. The number of thioether (sulfide) groups is 1. The number of aromatic nitrogens is 2. The summed E-state index contributed by atoms with van der Waals surface area (Å²) in [6.45, 7) is 0. The molecule has 3 aromatic rings. The third-order valence-electron chi connectivity index (χ3n) is 3.85. The van der Waals surface area contributed by atoms with Crippen molar-refractivity contribution < 1.29 is 9.59 Å². The fraction of sp³-hybridized carbons (Fsp3) is 0.0500. The van der Waals surface area contributed by atoms with E-state index in [9.17, 15) is 19.6 Å². The number of primary amides is 1. The Labute approximate surface area is 169 Å². The van der Waals surface area contributed by atoms with E-state index < -0.39 is 11.5 Å². The molecular weight excluding hydrogens is 390 g/mol. The molecule has 0 unspecified atom stereocenters. The maximum absolute atomic E-state index is 12.2. The van der Waals surface area contributed by atoms with Crippen molar-refractivity contribution in [3.63, 3.8) is 0 Å². The van der Waals surface area contributed by atoms with Crippen LogP contribution in [0, 0.1) is 11.3 Å². The van der Waals surface area contributed by atoms with Crippen molar-refractivity contribution in [1.29, 1.82) is 5.26 Å². The molecule has 0 aliphatic carbocycles. The molecule has 1 aromatic heterocycles. The third kappa shape index (κ3) is 4.88. The number of aromatic amines is 1. The molecular formula is C20H15N5O3S. The molecule has 0 saturated carbocycles. The van der Waals surface area contributed by atoms with Crippen LogP contribution in [0.15, 0.2) is 64.5 Å². The Morgan fingerprint density at radius 3 is 2.45 bits per heavy atom. The topological polar surface area (TPSA) is 142 Å². The molecule has 0 spiro atoms. The van der Waals surface area contributed by atoms with Gasteiger partial charge in [-0.3, -0.25) is 14.4 Å². The highest BCUT2D eigenvalue weighted by molar-refractivity contribution is 7.99. The van der Waals surface area contributed by atoms with Crippen LogP contribution in [0.3, 0.4) is 0 Å².